The van der Waals surface area contributed by atoms with Crippen LogP contribution in [0.5, 0.6) is 5.75 Å². The minimum Gasteiger partial charge on any atom is -0.497 e. The molecule has 1 heterocycles. The number of hydrazine groups is 1. The predicted molar refractivity (Wildman–Crippen MR) is 60.5 cm³/mol. The lowest BCUT2D eigenvalue weighted by molar-refractivity contribution is -2.00. The number of benzene rings is 1. The van der Waals surface area contributed by atoms with Gasteiger partial charge < -0.3 is 4.74 Å². The van der Waals surface area contributed by atoms with E-state index in [0.29, 0.717) is 0 Å². The fraction of sp³-hybridized carbons (Fsp3) is 0.417. The average molecular weight is 305 g/mol. The van der Waals surface area contributed by atoms with Crippen LogP contribution in [-0.4, -0.2) is 43.2 Å². The number of ether oxygens (including phenoxy) is 1. The molecule has 0 radical (unpaired) electrons. The minimum absolute atomic E-state index is 0.911. The Morgan fingerprint density at radius 1 is 1.15 bits per heavy atom. The van der Waals surface area contributed by atoms with Crippen LogP contribution in [0.2, 0.25) is 0 Å². The molecular weight excluding hydrogens is 288 g/mol. The maximum atomic E-state index is 8.49. The van der Waals surface area contributed by atoms with Crippen molar-refractivity contribution in [3.8, 4) is 5.75 Å². The van der Waals surface area contributed by atoms with Gasteiger partial charge >= 0.3 is 0 Å². The second-order valence-electron chi connectivity index (χ2n) is 4.21. The molecule has 0 bridgehead atoms. The summed E-state index contributed by atoms with van der Waals surface area (Å²) in [6, 6.07) is 8.25. The molecule has 0 atom stereocenters. The second-order valence-corrected chi connectivity index (χ2v) is 4.96. The van der Waals surface area contributed by atoms with E-state index in [0.717, 1.165) is 18.7 Å². The first-order valence-corrected chi connectivity index (χ1v) is 7.02. The summed E-state index contributed by atoms with van der Waals surface area (Å²) in [6.07, 6.45) is 1.11. The van der Waals surface area contributed by atoms with Crippen LogP contribution in [0.25, 0.3) is 0 Å². The van der Waals surface area contributed by atoms with Crippen molar-refractivity contribution < 1.29 is 38.3 Å². The van der Waals surface area contributed by atoms with Crippen LogP contribution in [0.4, 0.5) is 0 Å². The van der Waals surface area contributed by atoms with Gasteiger partial charge in [-0.3, -0.25) is 0 Å². The molecule has 0 aliphatic carbocycles. The van der Waals surface area contributed by atoms with Crippen molar-refractivity contribution in [1.82, 2.24) is 5.01 Å². The van der Waals surface area contributed by atoms with Crippen molar-refractivity contribution in [2.24, 2.45) is 0 Å². The van der Waals surface area contributed by atoms with E-state index in [2.05, 4.69) is 35.9 Å². The number of hydrogen-bond donors (Lipinski definition) is 0. The van der Waals surface area contributed by atoms with Gasteiger partial charge in [0.2, 0.25) is 5.71 Å². The van der Waals surface area contributed by atoms with Gasteiger partial charge in [0.05, 0.1) is 27.1 Å². The van der Waals surface area contributed by atoms with Crippen molar-refractivity contribution in [3.63, 3.8) is 0 Å². The monoisotopic (exact) mass is 304 g/mol. The van der Waals surface area contributed by atoms with Gasteiger partial charge in [0.15, 0.2) is 7.05 Å². The van der Waals surface area contributed by atoms with Crippen LogP contribution in [-0.2, 0) is 0 Å². The molecule has 1 aromatic rings. The maximum absolute atomic E-state index is 8.49. The van der Waals surface area contributed by atoms with Gasteiger partial charge in [-0.25, -0.2) is 18.6 Å². The summed E-state index contributed by atoms with van der Waals surface area (Å²) in [4.78, 5) is 0. The molecule has 8 heteroatoms. The molecule has 0 unspecified atom stereocenters. The van der Waals surface area contributed by atoms with Gasteiger partial charge in [-0.1, -0.05) is 0 Å². The number of nitrogens with zero attached hydrogens (tertiary/aromatic N) is 2. The van der Waals surface area contributed by atoms with E-state index in [1.165, 1.54) is 11.3 Å². The number of hydrazone groups is 1. The molecule has 112 valence electrons. The molecule has 0 amide bonds. The summed E-state index contributed by atoms with van der Waals surface area (Å²) in [5.41, 5.74) is 2.66. The highest BCUT2D eigenvalue weighted by Crippen LogP contribution is 2.15. The van der Waals surface area contributed by atoms with E-state index in [4.69, 9.17) is 23.4 Å². The van der Waals surface area contributed by atoms with Crippen LogP contribution in [0, 0.1) is 10.2 Å². The van der Waals surface area contributed by atoms with Crippen molar-refractivity contribution in [1.29, 1.82) is 0 Å². The van der Waals surface area contributed by atoms with Crippen molar-refractivity contribution in [3.05, 3.63) is 29.8 Å². The van der Waals surface area contributed by atoms with Crippen LogP contribution in [0.15, 0.2) is 24.3 Å². The molecule has 0 spiro atoms. The van der Waals surface area contributed by atoms with Gasteiger partial charge in [-0.2, -0.15) is 5.01 Å². The Labute approximate surface area is 119 Å². The number of methoxy groups -OCH3 is 1. The quantitative estimate of drug-likeness (QED) is 0.528. The van der Waals surface area contributed by atoms with E-state index in [1.807, 2.05) is 12.1 Å². The summed E-state index contributed by atoms with van der Waals surface area (Å²) in [5, 5.41) is 2.22. The zero-order chi connectivity index (χ0) is 15.3. The molecule has 1 aromatic carbocycles. The topological polar surface area (TPSA) is 108 Å². The third-order valence-corrected chi connectivity index (χ3v) is 3.00. The van der Waals surface area contributed by atoms with Crippen LogP contribution in [0.3, 0.4) is 0 Å². The smallest absolute Gasteiger partial charge is 0.214 e. The van der Waals surface area contributed by atoms with Gasteiger partial charge in [-0.15, -0.1) is 14.9 Å². The SMILES string of the molecule is COc1ccc(C2=[N+](C)N(C)CC2)cc1.[O-][Cl+3]([O-])([O-])[O-]. The van der Waals surface area contributed by atoms with E-state index in [1.54, 1.807) is 7.11 Å². The Hall–Kier alpha value is -1.38. The molecule has 20 heavy (non-hydrogen) atoms. The first-order chi connectivity index (χ1) is 9.22. The summed E-state index contributed by atoms with van der Waals surface area (Å²) in [6.45, 7) is 1.10. The van der Waals surface area contributed by atoms with E-state index < -0.39 is 10.2 Å². The van der Waals surface area contributed by atoms with E-state index in [-0.39, 0.29) is 0 Å². The normalized spacial score (nSPS) is 15.1. The van der Waals surface area contributed by atoms with Crippen LogP contribution in [0.1, 0.15) is 12.0 Å². The largest absolute Gasteiger partial charge is 0.497 e. The highest BCUT2D eigenvalue weighted by Gasteiger charge is 2.25. The zero-order valence-electron chi connectivity index (χ0n) is 11.5. The number of halogens is 1. The van der Waals surface area contributed by atoms with Crippen LogP contribution >= 0.6 is 0 Å². The zero-order valence-corrected chi connectivity index (χ0v) is 12.3. The molecule has 7 nitrogen and oxygen atoms in total. The molecular formula is C12H17ClN2O5. The van der Waals surface area contributed by atoms with Gasteiger partial charge in [0, 0.05) is 5.56 Å². The lowest BCUT2D eigenvalue weighted by Crippen LogP contribution is -2.68. The van der Waals surface area contributed by atoms with Crippen molar-refractivity contribution in [2.75, 3.05) is 27.7 Å². The van der Waals surface area contributed by atoms with Crippen LogP contribution < -0.4 is 23.4 Å². The van der Waals surface area contributed by atoms with E-state index in [9.17, 15) is 0 Å². The Bertz CT molecular complexity index is 464. The Kier molecular flexibility index (Phi) is 5.73. The fourth-order valence-corrected chi connectivity index (χ4v) is 1.90. The van der Waals surface area contributed by atoms with Gasteiger partial charge in [0.25, 0.3) is 0 Å². The summed E-state index contributed by atoms with van der Waals surface area (Å²) >= 11 is 0. The third kappa shape index (κ3) is 5.32. The summed E-state index contributed by atoms with van der Waals surface area (Å²) in [7, 11) is 0.959. The molecule has 0 aromatic heterocycles. The standard InChI is InChI=1S/C12H17N2O.ClHO4/c1-13-9-8-12(14(13)2)10-4-6-11(15-3)7-5-10;2-1(3,4)5/h4-7H,8-9H2,1-3H3;(H,2,3,4,5)/q+1;/p-1. The minimum atomic E-state index is -4.94. The molecule has 0 saturated heterocycles. The molecule has 0 saturated carbocycles. The molecule has 1 aliphatic heterocycles. The van der Waals surface area contributed by atoms with Gasteiger partial charge in [-0.05, 0) is 24.3 Å². The molecule has 0 fully saturated rings. The fourth-order valence-electron chi connectivity index (χ4n) is 1.90. The summed E-state index contributed by atoms with van der Waals surface area (Å²) in [5.74, 6) is 0.911. The summed E-state index contributed by atoms with van der Waals surface area (Å²) < 4.78 is 41.3. The first kappa shape index (κ1) is 16.7. The highest BCUT2D eigenvalue weighted by molar-refractivity contribution is 5.97. The lowest BCUT2D eigenvalue weighted by atomic mass is 10.1. The Morgan fingerprint density at radius 3 is 2.00 bits per heavy atom. The molecule has 0 N–H and O–H groups in total. The average Bonchev–Trinajstić information content (AvgIpc) is 2.68. The highest BCUT2D eigenvalue weighted by atomic mass is 35.7. The lowest BCUT2D eigenvalue weighted by Gasteiger charge is -2.17. The maximum Gasteiger partial charge on any atom is 0.214 e. The Morgan fingerprint density at radius 2 is 1.65 bits per heavy atom. The number of rotatable bonds is 2. The second kappa shape index (κ2) is 6.87. The Balaban J connectivity index is 0.000000347. The van der Waals surface area contributed by atoms with Crippen molar-refractivity contribution in [2.45, 2.75) is 6.42 Å². The molecule has 1 aliphatic rings. The van der Waals surface area contributed by atoms with Crippen molar-refractivity contribution >= 4 is 5.71 Å². The predicted octanol–water partition coefficient (Wildman–Crippen LogP) is -3.38. The number of hydrogen-bond acceptors (Lipinski definition) is 6. The van der Waals surface area contributed by atoms with Gasteiger partial charge in [0.1, 0.15) is 5.75 Å². The first-order valence-electron chi connectivity index (χ1n) is 5.79. The van der Waals surface area contributed by atoms with E-state index >= 15 is 0 Å². The molecule has 2 rings (SSSR count). The third-order valence-electron chi connectivity index (χ3n) is 3.00.